The molecule has 1 heterocycles. The van der Waals surface area contributed by atoms with E-state index in [1.54, 1.807) is 11.8 Å². The quantitative estimate of drug-likeness (QED) is 0.785. The molecule has 24 heavy (non-hydrogen) atoms. The van der Waals surface area contributed by atoms with Crippen LogP contribution in [0.2, 0.25) is 0 Å². The number of nitrogens with one attached hydrogen (secondary N) is 1. The largest absolute Gasteiger partial charge is 0.497 e. The molecular formula is C19H19N3O2. The van der Waals surface area contributed by atoms with Crippen molar-refractivity contribution >= 4 is 5.91 Å². The van der Waals surface area contributed by atoms with Gasteiger partial charge in [0.2, 0.25) is 5.91 Å². The van der Waals surface area contributed by atoms with E-state index in [4.69, 9.17) is 9.72 Å². The summed E-state index contributed by atoms with van der Waals surface area (Å²) in [6.45, 7) is 1.49. The molecule has 0 aliphatic carbocycles. The van der Waals surface area contributed by atoms with E-state index in [0.717, 1.165) is 28.4 Å². The van der Waals surface area contributed by atoms with Crippen LogP contribution in [-0.2, 0) is 11.2 Å². The normalized spacial score (nSPS) is 10.4. The number of carbonyl (C=O) groups excluding carboxylic acids is 1. The molecule has 0 aliphatic rings. The van der Waals surface area contributed by atoms with Gasteiger partial charge in [0, 0.05) is 18.9 Å². The standard InChI is InChI=1S/C19H19N3O2/c1-14(23)21-22-13-18(16-8-10-17(24-2)11-9-16)20-19(22)12-15-6-4-3-5-7-15/h3-11,13H,12H2,1-2H3,(H,21,23). The summed E-state index contributed by atoms with van der Waals surface area (Å²) in [6, 6.07) is 17.7. The average molecular weight is 321 g/mol. The molecular weight excluding hydrogens is 302 g/mol. The lowest BCUT2D eigenvalue weighted by molar-refractivity contribution is -0.115. The molecule has 0 atom stereocenters. The van der Waals surface area contributed by atoms with Gasteiger partial charge in [-0.2, -0.15) is 0 Å². The molecule has 0 spiro atoms. The fraction of sp³-hybridized carbons (Fsp3) is 0.158. The maximum atomic E-state index is 11.5. The Labute approximate surface area is 140 Å². The van der Waals surface area contributed by atoms with Crippen LogP contribution in [-0.4, -0.2) is 22.7 Å². The van der Waals surface area contributed by atoms with Crippen LogP contribution in [0.1, 0.15) is 18.3 Å². The highest BCUT2D eigenvalue weighted by atomic mass is 16.5. The second-order valence-electron chi connectivity index (χ2n) is 5.47. The summed E-state index contributed by atoms with van der Waals surface area (Å²) >= 11 is 0. The van der Waals surface area contributed by atoms with E-state index >= 15 is 0 Å². The Morgan fingerprint density at radius 3 is 2.46 bits per heavy atom. The number of methoxy groups -OCH3 is 1. The molecule has 0 saturated heterocycles. The fourth-order valence-electron chi connectivity index (χ4n) is 2.49. The summed E-state index contributed by atoms with van der Waals surface area (Å²) in [7, 11) is 1.64. The molecule has 0 saturated carbocycles. The molecule has 2 aromatic carbocycles. The van der Waals surface area contributed by atoms with Gasteiger partial charge in [0.1, 0.15) is 11.6 Å². The lowest BCUT2D eigenvalue weighted by Crippen LogP contribution is -2.21. The zero-order valence-corrected chi connectivity index (χ0v) is 13.7. The number of rotatable bonds is 5. The van der Waals surface area contributed by atoms with Crippen molar-refractivity contribution in [2.24, 2.45) is 0 Å². The van der Waals surface area contributed by atoms with Crippen LogP contribution in [0.4, 0.5) is 0 Å². The van der Waals surface area contributed by atoms with E-state index in [1.807, 2.05) is 60.8 Å². The van der Waals surface area contributed by atoms with Crippen LogP contribution in [0, 0.1) is 0 Å². The monoisotopic (exact) mass is 321 g/mol. The topological polar surface area (TPSA) is 56.1 Å². The number of aromatic nitrogens is 2. The smallest absolute Gasteiger partial charge is 0.235 e. The molecule has 1 N–H and O–H groups in total. The predicted molar refractivity (Wildman–Crippen MR) is 93.5 cm³/mol. The zero-order valence-electron chi connectivity index (χ0n) is 13.7. The molecule has 0 radical (unpaired) electrons. The van der Waals surface area contributed by atoms with Crippen molar-refractivity contribution in [1.29, 1.82) is 0 Å². The van der Waals surface area contributed by atoms with E-state index in [0.29, 0.717) is 6.42 Å². The third kappa shape index (κ3) is 3.63. The van der Waals surface area contributed by atoms with Gasteiger partial charge in [-0.3, -0.25) is 10.2 Å². The van der Waals surface area contributed by atoms with Gasteiger partial charge in [-0.15, -0.1) is 0 Å². The Hall–Kier alpha value is -3.08. The van der Waals surface area contributed by atoms with E-state index in [1.165, 1.54) is 6.92 Å². The van der Waals surface area contributed by atoms with Crippen LogP contribution in [0.5, 0.6) is 5.75 Å². The number of hydrogen-bond acceptors (Lipinski definition) is 3. The van der Waals surface area contributed by atoms with Crippen molar-refractivity contribution in [3.63, 3.8) is 0 Å². The van der Waals surface area contributed by atoms with Gasteiger partial charge in [-0.1, -0.05) is 30.3 Å². The van der Waals surface area contributed by atoms with Crippen molar-refractivity contribution < 1.29 is 9.53 Å². The van der Waals surface area contributed by atoms with Crippen molar-refractivity contribution in [2.45, 2.75) is 13.3 Å². The van der Waals surface area contributed by atoms with Gasteiger partial charge in [0.05, 0.1) is 19.0 Å². The molecule has 0 aliphatic heterocycles. The summed E-state index contributed by atoms with van der Waals surface area (Å²) in [5.41, 5.74) is 5.70. The average Bonchev–Trinajstić information content (AvgIpc) is 2.98. The first-order valence-corrected chi connectivity index (χ1v) is 7.70. The van der Waals surface area contributed by atoms with Crippen molar-refractivity contribution in [3.8, 4) is 17.0 Å². The minimum absolute atomic E-state index is 0.136. The Morgan fingerprint density at radius 2 is 1.83 bits per heavy atom. The first-order valence-electron chi connectivity index (χ1n) is 7.70. The van der Waals surface area contributed by atoms with Gasteiger partial charge in [-0.25, -0.2) is 9.66 Å². The molecule has 0 unspecified atom stereocenters. The third-order valence-corrected chi connectivity index (χ3v) is 3.65. The lowest BCUT2D eigenvalue weighted by atomic mass is 10.1. The van der Waals surface area contributed by atoms with Gasteiger partial charge >= 0.3 is 0 Å². The lowest BCUT2D eigenvalue weighted by Gasteiger charge is -2.07. The second-order valence-corrected chi connectivity index (χ2v) is 5.47. The molecule has 1 aromatic heterocycles. The molecule has 3 aromatic rings. The number of nitrogens with zero attached hydrogens (tertiary/aromatic N) is 2. The maximum absolute atomic E-state index is 11.5. The minimum atomic E-state index is -0.136. The van der Waals surface area contributed by atoms with E-state index in [2.05, 4.69) is 5.43 Å². The van der Waals surface area contributed by atoms with Gasteiger partial charge in [0.25, 0.3) is 0 Å². The Balaban J connectivity index is 1.94. The second kappa shape index (κ2) is 7.00. The first kappa shape index (κ1) is 15.8. The van der Waals surface area contributed by atoms with Crippen LogP contribution >= 0.6 is 0 Å². The summed E-state index contributed by atoms with van der Waals surface area (Å²) in [5, 5.41) is 0. The number of hydrogen-bond donors (Lipinski definition) is 1. The number of ether oxygens (including phenoxy) is 1. The van der Waals surface area contributed by atoms with Gasteiger partial charge in [0.15, 0.2) is 0 Å². The van der Waals surface area contributed by atoms with Crippen molar-refractivity contribution in [2.75, 3.05) is 12.5 Å². The molecule has 122 valence electrons. The minimum Gasteiger partial charge on any atom is -0.497 e. The highest BCUT2D eigenvalue weighted by Gasteiger charge is 2.11. The molecule has 5 heteroatoms. The van der Waals surface area contributed by atoms with Gasteiger partial charge in [-0.05, 0) is 29.8 Å². The summed E-state index contributed by atoms with van der Waals surface area (Å²) < 4.78 is 6.87. The summed E-state index contributed by atoms with van der Waals surface area (Å²) in [4.78, 5) is 16.2. The Kier molecular flexibility index (Phi) is 4.61. The molecule has 1 amide bonds. The fourth-order valence-corrected chi connectivity index (χ4v) is 2.49. The summed E-state index contributed by atoms with van der Waals surface area (Å²) in [5.74, 6) is 1.44. The highest BCUT2D eigenvalue weighted by molar-refractivity contribution is 5.81. The van der Waals surface area contributed by atoms with Crippen LogP contribution in [0.15, 0.2) is 60.8 Å². The SMILES string of the molecule is COc1ccc(-c2cn(NC(C)=O)c(Cc3ccccc3)n2)cc1. The van der Waals surface area contributed by atoms with E-state index in [9.17, 15) is 4.79 Å². The predicted octanol–water partition coefficient (Wildman–Crippen LogP) is 3.24. The molecule has 5 nitrogen and oxygen atoms in total. The van der Waals surface area contributed by atoms with E-state index < -0.39 is 0 Å². The van der Waals surface area contributed by atoms with Crippen LogP contribution < -0.4 is 10.2 Å². The van der Waals surface area contributed by atoms with E-state index in [-0.39, 0.29) is 5.91 Å². The number of carbonyl (C=O) groups is 1. The number of amides is 1. The highest BCUT2D eigenvalue weighted by Crippen LogP contribution is 2.22. The Morgan fingerprint density at radius 1 is 1.12 bits per heavy atom. The van der Waals surface area contributed by atoms with Crippen LogP contribution in [0.25, 0.3) is 11.3 Å². The van der Waals surface area contributed by atoms with Crippen molar-refractivity contribution in [1.82, 2.24) is 9.66 Å². The first-order chi connectivity index (χ1) is 11.7. The van der Waals surface area contributed by atoms with Crippen molar-refractivity contribution in [3.05, 3.63) is 72.2 Å². The number of benzene rings is 2. The third-order valence-electron chi connectivity index (χ3n) is 3.65. The molecule has 3 rings (SSSR count). The zero-order chi connectivity index (χ0) is 16.9. The molecule has 0 fully saturated rings. The number of imidazole rings is 1. The molecule has 0 bridgehead atoms. The Bertz CT molecular complexity index is 824. The van der Waals surface area contributed by atoms with Crippen LogP contribution in [0.3, 0.4) is 0 Å². The maximum Gasteiger partial charge on any atom is 0.235 e. The summed E-state index contributed by atoms with van der Waals surface area (Å²) in [6.07, 6.45) is 2.47. The van der Waals surface area contributed by atoms with Gasteiger partial charge < -0.3 is 4.74 Å².